The summed E-state index contributed by atoms with van der Waals surface area (Å²) in [6.45, 7) is -0.331. The average molecular weight is 417 g/mol. The minimum atomic E-state index is -0.599. The number of hydrazine groups is 1. The Balaban J connectivity index is 1.50. The maximum absolute atomic E-state index is 12.1. The summed E-state index contributed by atoms with van der Waals surface area (Å²) in [6, 6.07) is 13.7. The molecular weight excluding hydrogens is 404 g/mol. The highest BCUT2D eigenvalue weighted by molar-refractivity contribution is 9.10. The topological polar surface area (TPSA) is 113 Å². The van der Waals surface area contributed by atoms with Crippen LogP contribution >= 0.6 is 15.9 Å². The molecule has 3 amide bonds. The van der Waals surface area contributed by atoms with E-state index < -0.39 is 17.7 Å². The Morgan fingerprint density at radius 2 is 1.77 bits per heavy atom. The van der Waals surface area contributed by atoms with Crippen LogP contribution in [0.15, 0.2) is 57.6 Å². The highest BCUT2D eigenvalue weighted by Crippen LogP contribution is 2.13. The predicted molar refractivity (Wildman–Crippen MR) is 96.1 cm³/mol. The number of benzene rings is 1. The van der Waals surface area contributed by atoms with Crippen molar-refractivity contribution >= 4 is 44.6 Å². The molecule has 0 spiro atoms. The van der Waals surface area contributed by atoms with Gasteiger partial charge < -0.3 is 9.73 Å². The summed E-state index contributed by atoms with van der Waals surface area (Å²) < 4.78 is 5.47. The third-order valence-corrected chi connectivity index (χ3v) is 3.78. The number of carbonyl (C=O) groups is 3. The molecule has 1 aromatic carbocycles. The van der Waals surface area contributed by atoms with Crippen molar-refractivity contribution in [3.8, 4) is 0 Å². The van der Waals surface area contributed by atoms with Crippen LogP contribution in [0.2, 0.25) is 0 Å². The molecule has 8 nitrogen and oxygen atoms in total. The van der Waals surface area contributed by atoms with Gasteiger partial charge in [-0.25, -0.2) is 4.98 Å². The lowest BCUT2D eigenvalue weighted by atomic mass is 10.2. The molecule has 3 aromatic rings. The number of aromatic nitrogens is 1. The molecule has 3 rings (SSSR count). The van der Waals surface area contributed by atoms with Gasteiger partial charge in [-0.2, -0.15) is 0 Å². The number of carbonyl (C=O) groups excluding carboxylic acids is 3. The van der Waals surface area contributed by atoms with Gasteiger partial charge in [-0.15, -0.1) is 0 Å². The molecule has 9 heteroatoms. The molecule has 3 N–H and O–H groups in total. The maximum atomic E-state index is 12.1. The van der Waals surface area contributed by atoms with Crippen LogP contribution in [0.25, 0.3) is 10.9 Å². The van der Waals surface area contributed by atoms with Crippen LogP contribution in [0.1, 0.15) is 21.0 Å². The Kier molecular flexibility index (Phi) is 5.28. The number of hydrogen-bond donors (Lipinski definition) is 3. The fourth-order valence-electron chi connectivity index (χ4n) is 2.11. The van der Waals surface area contributed by atoms with Crippen LogP contribution in [-0.2, 0) is 4.79 Å². The van der Waals surface area contributed by atoms with Crippen LogP contribution in [-0.4, -0.2) is 29.3 Å². The zero-order chi connectivity index (χ0) is 18.5. The van der Waals surface area contributed by atoms with E-state index in [1.54, 1.807) is 24.3 Å². The molecular formula is C17H13BrN4O4. The summed E-state index contributed by atoms with van der Waals surface area (Å²) in [7, 11) is 0. The summed E-state index contributed by atoms with van der Waals surface area (Å²) >= 11 is 3.08. The van der Waals surface area contributed by atoms with Gasteiger partial charge in [0.05, 0.1) is 12.1 Å². The van der Waals surface area contributed by atoms with Gasteiger partial charge in [0.25, 0.3) is 17.7 Å². The molecule has 0 saturated carbocycles. The Morgan fingerprint density at radius 3 is 2.54 bits per heavy atom. The highest BCUT2D eigenvalue weighted by Gasteiger charge is 2.13. The average Bonchev–Trinajstić information content (AvgIpc) is 3.10. The molecule has 132 valence electrons. The number of furan rings is 1. The first kappa shape index (κ1) is 17.6. The number of nitrogens with one attached hydrogen (secondary N) is 3. The van der Waals surface area contributed by atoms with E-state index in [4.69, 9.17) is 4.42 Å². The van der Waals surface area contributed by atoms with Crippen LogP contribution in [0.5, 0.6) is 0 Å². The molecule has 2 heterocycles. The third-order valence-electron chi connectivity index (χ3n) is 3.35. The monoisotopic (exact) mass is 416 g/mol. The lowest BCUT2D eigenvalue weighted by Crippen LogP contribution is -2.46. The first-order chi connectivity index (χ1) is 12.5. The third kappa shape index (κ3) is 4.25. The Hall–Kier alpha value is -3.20. The summed E-state index contributed by atoms with van der Waals surface area (Å²) in [5, 5.41) is 3.27. The molecule has 26 heavy (non-hydrogen) atoms. The molecule has 0 fully saturated rings. The molecule has 0 aliphatic rings. The summed E-state index contributed by atoms with van der Waals surface area (Å²) in [4.78, 5) is 39.8. The van der Waals surface area contributed by atoms with Crippen LogP contribution in [0.3, 0.4) is 0 Å². The number of hydrogen-bond acceptors (Lipinski definition) is 5. The quantitative estimate of drug-likeness (QED) is 0.561. The molecule has 0 bridgehead atoms. The standard InChI is InChI=1S/C17H13BrN4O4/c18-14-8-7-13(26-14)17(25)19-9-15(23)21-22-16(24)12-6-5-10-3-1-2-4-11(10)20-12/h1-8H,9H2,(H,19,25)(H,21,23)(H,22,24). The second-order valence-electron chi connectivity index (χ2n) is 5.18. The zero-order valence-corrected chi connectivity index (χ0v) is 14.9. The minimum Gasteiger partial charge on any atom is -0.444 e. The maximum Gasteiger partial charge on any atom is 0.288 e. The molecule has 0 unspecified atom stereocenters. The van der Waals surface area contributed by atoms with Gasteiger partial charge in [0.2, 0.25) is 0 Å². The minimum absolute atomic E-state index is 0.0640. The summed E-state index contributed by atoms with van der Waals surface area (Å²) in [6.07, 6.45) is 0. The smallest absolute Gasteiger partial charge is 0.288 e. The lowest BCUT2D eigenvalue weighted by molar-refractivity contribution is -0.120. The van der Waals surface area contributed by atoms with E-state index in [1.165, 1.54) is 6.07 Å². The van der Waals surface area contributed by atoms with E-state index in [9.17, 15) is 14.4 Å². The second kappa shape index (κ2) is 7.79. The molecule has 0 aliphatic heterocycles. The van der Waals surface area contributed by atoms with E-state index in [2.05, 4.69) is 37.1 Å². The van der Waals surface area contributed by atoms with Crippen molar-refractivity contribution in [1.29, 1.82) is 0 Å². The highest BCUT2D eigenvalue weighted by atomic mass is 79.9. The van der Waals surface area contributed by atoms with Crippen molar-refractivity contribution in [3.05, 3.63) is 64.7 Å². The van der Waals surface area contributed by atoms with Gasteiger partial charge in [0, 0.05) is 5.39 Å². The molecule has 0 atom stereocenters. The SMILES string of the molecule is O=C(CNC(=O)c1ccc(Br)o1)NNC(=O)c1ccc2ccccc2n1. The van der Waals surface area contributed by atoms with Gasteiger partial charge in [-0.05, 0) is 40.2 Å². The first-order valence-electron chi connectivity index (χ1n) is 7.51. The molecule has 0 radical (unpaired) electrons. The summed E-state index contributed by atoms with van der Waals surface area (Å²) in [5.41, 5.74) is 5.29. The van der Waals surface area contributed by atoms with Crippen LogP contribution in [0, 0.1) is 0 Å². The number of rotatable bonds is 4. The Morgan fingerprint density at radius 1 is 0.962 bits per heavy atom. The second-order valence-corrected chi connectivity index (χ2v) is 5.96. The van der Waals surface area contributed by atoms with E-state index in [1.807, 2.05) is 18.2 Å². The number of nitrogens with zero attached hydrogens (tertiary/aromatic N) is 1. The Bertz CT molecular complexity index is 986. The van der Waals surface area contributed by atoms with Crippen LogP contribution < -0.4 is 16.2 Å². The first-order valence-corrected chi connectivity index (χ1v) is 8.31. The molecule has 0 saturated heterocycles. The summed E-state index contributed by atoms with van der Waals surface area (Å²) in [5.74, 6) is -1.65. The van der Waals surface area contributed by atoms with E-state index in [-0.39, 0.29) is 18.0 Å². The zero-order valence-electron chi connectivity index (χ0n) is 13.3. The normalized spacial score (nSPS) is 10.3. The number of halogens is 1. The largest absolute Gasteiger partial charge is 0.444 e. The van der Waals surface area contributed by atoms with Gasteiger partial charge in [-0.1, -0.05) is 24.3 Å². The Labute approximate surface area is 156 Å². The number of pyridine rings is 1. The van der Waals surface area contributed by atoms with Gasteiger partial charge >= 0.3 is 0 Å². The predicted octanol–water partition coefficient (Wildman–Crippen LogP) is 1.78. The van der Waals surface area contributed by atoms with E-state index in [0.29, 0.717) is 10.2 Å². The van der Waals surface area contributed by atoms with E-state index in [0.717, 1.165) is 5.39 Å². The molecule has 0 aliphatic carbocycles. The van der Waals surface area contributed by atoms with Crippen molar-refractivity contribution in [2.24, 2.45) is 0 Å². The van der Waals surface area contributed by atoms with Gasteiger partial charge in [-0.3, -0.25) is 25.2 Å². The van der Waals surface area contributed by atoms with Crippen molar-refractivity contribution in [2.75, 3.05) is 6.54 Å². The fraction of sp³-hybridized carbons (Fsp3) is 0.0588. The number of amides is 3. The van der Waals surface area contributed by atoms with Crippen molar-refractivity contribution < 1.29 is 18.8 Å². The van der Waals surface area contributed by atoms with Gasteiger partial charge in [0.1, 0.15) is 5.69 Å². The fourth-order valence-corrected chi connectivity index (χ4v) is 2.42. The van der Waals surface area contributed by atoms with Crippen molar-refractivity contribution in [1.82, 2.24) is 21.2 Å². The van der Waals surface area contributed by atoms with Crippen LogP contribution in [0.4, 0.5) is 0 Å². The van der Waals surface area contributed by atoms with Crippen molar-refractivity contribution in [2.45, 2.75) is 0 Å². The van der Waals surface area contributed by atoms with E-state index >= 15 is 0 Å². The lowest BCUT2D eigenvalue weighted by Gasteiger charge is -2.08. The molecule has 2 aromatic heterocycles. The number of para-hydroxylation sites is 1. The van der Waals surface area contributed by atoms with Crippen molar-refractivity contribution in [3.63, 3.8) is 0 Å². The van der Waals surface area contributed by atoms with Gasteiger partial charge in [0.15, 0.2) is 10.4 Å². The number of fused-ring (bicyclic) bond motifs is 1.